The fourth-order valence-electron chi connectivity index (χ4n) is 1.20. The van der Waals surface area contributed by atoms with Crippen molar-refractivity contribution < 1.29 is 19.0 Å². The van der Waals surface area contributed by atoms with Gasteiger partial charge in [0.25, 0.3) is 0 Å². The molecule has 0 fully saturated rings. The van der Waals surface area contributed by atoms with Crippen LogP contribution < -0.4 is 10.5 Å². The molecular weight excluding hydrogens is 222 g/mol. The number of carbonyl (C=O) groups excluding carboxylic acids is 1. The van der Waals surface area contributed by atoms with Crippen LogP contribution in [0.25, 0.3) is 0 Å². The van der Waals surface area contributed by atoms with Gasteiger partial charge in [-0.25, -0.2) is 4.79 Å². The van der Waals surface area contributed by atoms with Crippen molar-refractivity contribution in [1.29, 1.82) is 0 Å². The first kappa shape index (κ1) is 13.5. The van der Waals surface area contributed by atoms with Gasteiger partial charge in [0.2, 0.25) is 0 Å². The lowest BCUT2D eigenvalue weighted by molar-refractivity contribution is -0.155. The number of nitrogens with two attached hydrogens (primary N) is 1. The van der Waals surface area contributed by atoms with Gasteiger partial charge in [-0.05, 0) is 12.1 Å². The minimum absolute atomic E-state index is 0.106. The van der Waals surface area contributed by atoms with E-state index < -0.39 is 12.1 Å². The van der Waals surface area contributed by atoms with Crippen molar-refractivity contribution >= 4 is 5.97 Å². The van der Waals surface area contributed by atoms with Crippen molar-refractivity contribution in [2.45, 2.75) is 6.10 Å². The fraction of sp³-hybridized carbons (Fsp3) is 0.417. The average Bonchev–Trinajstić information content (AvgIpc) is 2.37. The second-order valence-corrected chi connectivity index (χ2v) is 3.29. The van der Waals surface area contributed by atoms with E-state index in [2.05, 4.69) is 0 Å². The van der Waals surface area contributed by atoms with Crippen LogP contribution in [-0.2, 0) is 14.3 Å². The maximum atomic E-state index is 11.3. The second kappa shape index (κ2) is 7.65. The third-order valence-corrected chi connectivity index (χ3v) is 2.10. The van der Waals surface area contributed by atoms with Gasteiger partial charge in [-0.3, -0.25) is 0 Å². The molecule has 1 rings (SSSR count). The Kier molecular flexibility index (Phi) is 6.06. The highest BCUT2D eigenvalue weighted by molar-refractivity contribution is 5.74. The quantitative estimate of drug-likeness (QED) is 0.556. The van der Waals surface area contributed by atoms with Crippen LogP contribution in [0.4, 0.5) is 0 Å². The van der Waals surface area contributed by atoms with E-state index in [0.717, 1.165) is 5.75 Å². The highest BCUT2D eigenvalue weighted by Crippen LogP contribution is 2.07. The molecule has 2 N–H and O–H groups in total. The van der Waals surface area contributed by atoms with Gasteiger partial charge in [0.15, 0.2) is 6.10 Å². The van der Waals surface area contributed by atoms with E-state index in [1.807, 2.05) is 30.3 Å². The summed E-state index contributed by atoms with van der Waals surface area (Å²) in [5.41, 5.74) is 5.32. The lowest BCUT2D eigenvalue weighted by Crippen LogP contribution is -2.33. The summed E-state index contributed by atoms with van der Waals surface area (Å²) >= 11 is 0. The van der Waals surface area contributed by atoms with Gasteiger partial charge in [-0.15, -0.1) is 0 Å². The molecule has 0 saturated heterocycles. The number of methoxy groups -OCH3 is 1. The Hall–Kier alpha value is -1.59. The molecule has 1 aromatic rings. The van der Waals surface area contributed by atoms with Gasteiger partial charge in [0.05, 0.1) is 0 Å². The SMILES string of the molecule is COC(CN)C(=O)OCCOc1ccccc1. The van der Waals surface area contributed by atoms with Crippen molar-refractivity contribution in [1.82, 2.24) is 0 Å². The molecule has 5 heteroatoms. The molecule has 5 nitrogen and oxygen atoms in total. The highest BCUT2D eigenvalue weighted by atomic mass is 16.6. The first-order valence-corrected chi connectivity index (χ1v) is 5.35. The van der Waals surface area contributed by atoms with Crippen LogP contribution in [0.15, 0.2) is 30.3 Å². The van der Waals surface area contributed by atoms with Gasteiger partial charge in [0.1, 0.15) is 19.0 Å². The Balaban J connectivity index is 2.18. The van der Waals surface area contributed by atoms with E-state index in [1.54, 1.807) is 0 Å². The maximum absolute atomic E-state index is 11.3. The minimum Gasteiger partial charge on any atom is -0.490 e. The molecule has 1 unspecified atom stereocenters. The lowest BCUT2D eigenvalue weighted by Gasteiger charge is -2.12. The molecule has 0 aliphatic carbocycles. The standard InChI is InChI=1S/C12H17NO4/c1-15-11(9-13)12(14)17-8-7-16-10-5-3-2-4-6-10/h2-6,11H,7-9,13H2,1H3. The molecule has 0 saturated carbocycles. The number of carbonyl (C=O) groups is 1. The molecule has 0 aliphatic heterocycles. The Morgan fingerprint density at radius 1 is 1.29 bits per heavy atom. The Morgan fingerprint density at radius 3 is 2.59 bits per heavy atom. The number of benzene rings is 1. The zero-order valence-electron chi connectivity index (χ0n) is 9.80. The second-order valence-electron chi connectivity index (χ2n) is 3.29. The number of esters is 1. The molecule has 0 spiro atoms. The molecule has 0 amide bonds. The first-order chi connectivity index (χ1) is 8.27. The van der Waals surface area contributed by atoms with E-state index >= 15 is 0 Å². The smallest absolute Gasteiger partial charge is 0.336 e. The molecule has 0 aliphatic rings. The monoisotopic (exact) mass is 239 g/mol. The summed E-state index contributed by atoms with van der Waals surface area (Å²) < 4.78 is 15.1. The summed E-state index contributed by atoms with van der Waals surface area (Å²) in [6.45, 7) is 0.583. The largest absolute Gasteiger partial charge is 0.490 e. The van der Waals surface area contributed by atoms with Gasteiger partial charge in [-0.1, -0.05) is 18.2 Å². The van der Waals surface area contributed by atoms with E-state index in [4.69, 9.17) is 19.9 Å². The van der Waals surface area contributed by atoms with Crippen LogP contribution in [0.5, 0.6) is 5.75 Å². The number of hydrogen-bond donors (Lipinski definition) is 1. The number of rotatable bonds is 7. The van der Waals surface area contributed by atoms with Crippen LogP contribution in [0.3, 0.4) is 0 Å². The summed E-state index contributed by atoms with van der Waals surface area (Å²) in [6.07, 6.45) is -0.702. The van der Waals surface area contributed by atoms with Crippen molar-refractivity contribution in [2.75, 3.05) is 26.9 Å². The van der Waals surface area contributed by atoms with Crippen molar-refractivity contribution in [3.63, 3.8) is 0 Å². The third kappa shape index (κ3) is 4.84. The van der Waals surface area contributed by atoms with Crippen LogP contribution in [0, 0.1) is 0 Å². The van der Waals surface area contributed by atoms with Crippen molar-refractivity contribution in [3.8, 4) is 5.75 Å². The van der Waals surface area contributed by atoms with Crippen LogP contribution >= 0.6 is 0 Å². The van der Waals surface area contributed by atoms with Crippen molar-refractivity contribution in [2.24, 2.45) is 5.73 Å². The highest BCUT2D eigenvalue weighted by Gasteiger charge is 2.16. The molecule has 0 radical (unpaired) electrons. The molecule has 1 atom stereocenters. The third-order valence-electron chi connectivity index (χ3n) is 2.10. The van der Waals surface area contributed by atoms with E-state index in [0.29, 0.717) is 6.61 Å². The van der Waals surface area contributed by atoms with Gasteiger partial charge < -0.3 is 19.9 Å². The molecule has 94 valence electrons. The summed E-state index contributed by atoms with van der Waals surface area (Å²) in [5, 5.41) is 0. The number of ether oxygens (including phenoxy) is 3. The van der Waals surface area contributed by atoms with Crippen molar-refractivity contribution in [3.05, 3.63) is 30.3 Å². The molecular formula is C12H17NO4. The summed E-state index contributed by atoms with van der Waals surface area (Å²) in [4.78, 5) is 11.3. The zero-order valence-corrected chi connectivity index (χ0v) is 9.80. The minimum atomic E-state index is -0.702. The fourth-order valence-corrected chi connectivity index (χ4v) is 1.20. The summed E-state index contributed by atoms with van der Waals surface area (Å²) in [5.74, 6) is 0.275. The van der Waals surface area contributed by atoms with Gasteiger partial charge >= 0.3 is 5.97 Å². The normalized spacial score (nSPS) is 11.9. The van der Waals surface area contributed by atoms with Crippen LogP contribution in [-0.4, -0.2) is 38.9 Å². The zero-order chi connectivity index (χ0) is 12.5. The Morgan fingerprint density at radius 2 is 2.00 bits per heavy atom. The van der Waals surface area contributed by atoms with Gasteiger partial charge in [-0.2, -0.15) is 0 Å². The summed E-state index contributed by atoms with van der Waals surface area (Å²) in [6, 6.07) is 9.31. The molecule has 17 heavy (non-hydrogen) atoms. The molecule has 1 aromatic carbocycles. The molecule has 0 bridgehead atoms. The lowest BCUT2D eigenvalue weighted by atomic mass is 10.3. The predicted octanol–water partition coefficient (Wildman–Crippen LogP) is 0.582. The molecule has 0 aromatic heterocycles. The summed E-state index contributed by atoms with van der Waals surface area (Å²) in [7, 11) is 1.42. The van der Waals surface area contributed by atoms with E-state index in [1.165, 1.54) is 7.11 Å². The average molecular weight is 239 g/mol. The van der Waals surface area contributed by atoms with Gasteiger partial charge in [0, 0.05) is 13.7 Å². The van der Waals surface area contributed by atoms with Crippen LogP contribution in [0.1, 0.15) is 0 Å². The number of hydrogen-bond acceptors (Lipinski definition) is 5. The number of para-hydroxylation sites is 1. The Bertz CT molecular complexity index is 325. The predicted molar refractivity (Wildman–Crippen MR) is 62.7 cm³/mol. The molecule has 0 heterocycles. The maximum Gasteiger partial charge on any atom is 0.336 e. The van der Waals surface area contributed by atoms with E-state index in [9.17, 15) is 4.79 Å². The topological polar surface area (TPSA) is 70.8 Å². The first-order valence-electron chi connectivity index (χ1n) is 5.35. The van der Waals surface area contributed by atoms with E-state index in [-0.39, 0.29) is 13.2 Å². The van der Waals surface area contributed by atoms with Crippen LogP contribution in [0.2, 0.25) is 0 Å². The Labute approximate surface area is 100 Å².